The van der Waals surface area contributed by atoms with Gasteiger partial charge in [-0.1, -0.05) is 6.58 Å². The standard InChI is InChI=1S/C21H37NO10/c1-18(2)21(26)32-17-16-31-15-14-30-13-12-29-11-10-28-9-8-27-7-3-6-22-19(23)4-5-20(24)25/h1,3-17H2,2H3,(H,22,23)(H,24,25). The van der Waals surface area contributed by atoms with Crippen LogP contribution in [0.2, 0.25) is 0 Å². The van der Waals surface area contributed by atoms with Gasteiger partial charge in [0.1, 0.15) is 6.61 Å². The average Bonchev–Trinajstić information content (AvgIpc) is 2.75. The Morgan fingerprint density at radius 1 is 0.719 bits per heavy atom. The van der Waals surface area contributed by atoms with E-state index in [1.54, 1.807) is 6.92 Å². The third-order valence-electron chi connectivity index (χ3n) is 3.65. The molecule has 0 bridgehead atoms. The van der Waals surface area contributed by atoms with E-state index in [0.717, 1.165) is 0 Å². The fourth-order valence-corrected chi connectivity index (χ4v) is 2.01. The molecule has 0 aliphatic carbocycles. The Bertz CT molecular complexity index is 527. The summed E-state index contributed by atoms with van der Waals surface area (Å²) in [7, 11) is 0. The first-order valence-corrected chi connectivity index (χ1v) is 10.6. The average molecular weight is 464 g/mol. The molecule has 186 valence electrons. The van der Waals surface area contributed by atoms with Crippen LogP contribution in [0.25, 0.3) is 0 Å². The number of hydrogen-bond donors (Lipinski definition) is 2. The lowest BCUT2D eigenvalue weighted by molar-refractivity contribution is -0.140. The number of carboxylic acid groups (broad SMARTS) is 1. The maximum atomic E-state index is 11.3. The second-order valence-corrected chi connectivity index (χ2v) is 6.58. The van der Waals surface area contributed by atoms with E-state index in [1.165, 1.54) is 0 Å². The van der Waals surface area contributed by atoms with Crippen molar-refractivity contribution in [3.05, 3.63) is 12.2 Å². The van der Waals surface area contributed by atoms with E-state index in [1.807, 2.05) is 0 Å². The molecule has 2 N–H and O–H groups in total. The maximum absolute atomic E-state index is 11.3. The fraction of sp³-hybridized carbons (Fsp3) is 0.762. The molecule has 32 heavy (non-hydrogen) atoms. The molecule has 0 aromatic rings. The molecule has 0 rings (SSSR count). The molecule has 0 radical (unpaired) electrons. The number of aliphatic carboxylic acids is 1. The minimum atomic E-state index is -0.985. The quantitative estimate of drug-likeness (QED) is 0.125. The highest BCUT2D eigenvalue weighted by atomic mass is 16.6. The summed E-state index contributed by atoms with van der Waals surface area (Å²) in [5.74, 6) is -1.68. The highest BCUT2D eigenvalue weighted by Crippen LogP contribution is 1.92. The molecule has 0 unspecified atom stereocenters. The van der Waals surface area contributed by atoms with Crippen molar-refractivity contribution in [3.63, 3.8) is 0 Å². The normalized spacial score (nSPS) is 10.7. The summed E-state index contributed by atoms with van der Waals surface area (Å²) < 4.78 is 31.6. The van der Waals surface area contributed by atoms with Gasteiger partial charge in [0.15, 0.2) is 0 Å². The van der Waals surface area contributed by atoms with Gasteiger partial charge in [0.2, 0.25) is 5.91 Å². The summed E-state index contributed by atoms with van der Waals surface area (Å²) in [4.78, 5) is 32.8. The minimum Gasteiger partial charge on any atom is -0.481 e. The molecule has 0 aliphatic heterocycles. The fourth-order valence-electron chi connectivity index (χ4n) is 2.01. The molecular weight excluding hydrogens is 426 g/mol. The Morgan fingerprint density at radius 3 is 1.59 bits per heavy atom. The van der Waals surface area contributed by atoms with Crippen LogP contribution in [0.3, 0.4) is 0 Å². The molecule has 0 aliphatic rings. The van der Waals surface area contributed by atoms with Crippen molar-refractivity contribution in [1.82, 2.24) is 5.32 Å². The number of rotatable bonds is 23. The lowest BCUT2D eigenvalue weighted by Gasteiger charge is -2.08. The third kappa shape index (κ3) is 22.6. The van der Waals surface area contributed by atoms with Crippen LogP contribution in [0.5, 0.6) is 0 Å². The zero-order chi connectivity index (χ0) is 23.9. The van der Waals surface area contributed by atoms with Crippen LogP contribution in [0.15, 0.2) is 12.2 Å². The second kappa shape index (κ2) is 22.2. The Kier molecular flexibility index (Phi) is 20.7. The van der Waals surface area contributed by atoms with Gasteiger partial charge in [-0.25, -0.2) is 4.79 Å². The van der Waals surface area contributed by atoms with Crippen molar-refractivity contribution in [1.29, 1.82) is 0 Å². The van der Waals surface area contributed by atoms with Gasteiger partial charge >= 0.3 is 11.9 Å². The number of esters is 1. The number of ether oxygens (including phenoxy) is 6. The van der Waals surface area contributed by atoms with Crippen LogP contribution < -0.4 is 5.32 Å². The van der Waals surface area contributed by atoms with E-state index in [2.05, 4.69) is 11.9 Å². The third-order valence-corrected chi connectivity index (χ3v) is 3.65. The van der Waals surface area contributed by atoms with Gasteiger partial charge in [-0.05, 0) is 13.3 Å². The summed E-state index contributed by atoms with van der Waals surface area (Å²) in [5.41, 5.74) is 0.360. The molecule has 11 nitrogen and oxygen atoms in total. The van der Waals surface area contributed by atoms with E-state index in [4.69, 9.17) is 33.5 Å². The van der Waals surface area contributed by atoms with E-state index in [9.17, 15) is 14.4 Å². The van der Waals surface area contributed by atoms with Gasteiger partial charge in [-0.2, -0.15) is 0 Å². The Labute approximate surface area is 189 Å². The maximum Gasteiger partial charge on any atom is 0.333 e. The Morgan fingerprint density at radius 2 is 1.16 bits per heavy atom. The van der Waals surface area contributed by atoms with Crippen molar-refractivity contribution in [3.8, 4) is 0 Å². The molecule has 0 fully saturated rings. The van der Waals surface area contributed by atoms with Crippen LogP contribution in [-0.2, 0) is 42.8 Å². The summed E-state index contributed by atoms with van der Waals surface area (Å²) in [6.07, 6.45) is 0.474. The smallest absolute Gasteiger partial charge is 0.333 e. The summed E-state index contributed by atoms with van der Waals surface area (Å²) >= 11 is 0. The molecule has 11 heteroatoms. The van der Waals surface area contributed by atoms with Crippen molar-refractivity contribution in [2.45, 2.75) is 26.2 Å². The van der Waals surface area contributed by atoms with Gasteiger partial charge in [0, 0.05) is 25.1 Å². The molecule has 0 saturated carbocycles. The predicted octanol–water partition coefficient (Wildman–Crippen LogP) is 0.560. The van der Waals surface area contributed by atoms with Crippen molar-refractivity contribution in [2.75, 3.05) is 79.2 Å². The molecule has 0 aromatic carbocycles. The van der Waals surface area contributed by atoms with Gasteiger partial charge in [0.05, 0.1) is 65.9 Å². The minimum absolute atomic E-state index is 0.0109. The molecule has 1 amide bonds. The van der Waals surface area contributed by atoms with Gasteiger partial charge in [-0.15, -0.1) is 0 Å². The monoisotopic (exact) mass is 463 g/mol. The first-order valence-electron chi connectivity index (χ1n) is 10.6. The Balaban J connectivity index is 3.15. The molecule has 0 heterocycles. The van der Waals surface area contributed by atoms with Crippen molar-refractivity contribution < 1.29 is 47.9 Å². The second-order valence-electron chi connectivity index (χ2n) is 6.58. The number of carbonyl (C=O) groups is 3. The van der Waals surface area contributed by atoms with E-state index in [0.29, 0.717) is 84.6 Å². The van der Waals surface area contributed by atoms with Gasteiger partial charge in [-0.3, -0.25) is 9.59 Å². The predicted molar refractivity (Wildman–Crippen MR) is 114 cm³/mol. The van der Waals surface area contributed by atoms with Crippen molar-refractivity contribution >= 4 is 17.8 Å². The highest BCUT2D eigenvalue weighted by Gasteiger charge is 2.04. The largest absolute Gasteiger partial charge is 0.481 e. The van der Waals surface area contributed by atoms with Crippen LogP contribution >= 0.6 is 0 Å². The zero-order valence-corrected chi connectivity index (χ0v) is 18.9. The number of nitrogens with one attached hydrogen (secondary N) is 1. The topological polar surface area (TPSA) is 139 Å². The summed E-state index contributed by atoms with van der Waals surface area (Å²) in [6.45, 7) is 10.0. The van der Waals surface area contributed by atoms with Crippen LogP contribution in [0.1, 0.15) is 26.2 Å². The molecule has 0 spiro atoms. The van der Waals surface area contributed by atoms with E-state index in [-0.39, 0.29) is 25.4 Å². The summed E-state index contributed by atoms with van der Waals surface area (Å²) in [6, 6.07) is 0. The van der Waals surface area contributed by atoms with Crippen LogP contribution in [-0.4, -0.2) is 102 Å². The number of carbonyl (C=O) groups excluding carboxylic acids is 2. The summed E-state index contributed by atoms with van der Waals surface area (Å²) in [5, 5.41) is 11.1. The molecule has 0 atom stereocenters. The first kappa shape index (κ1) is 29.9. The van der Waals surface area contributed by atoms with Crippen LogP contribution in [0, 0.1) is 0 Å². The number of amides is 1. The number of hydrogen-bond acceptors (Lipinski definition) is 9. The van der Waals surface area contributed by atoms with Gasteiger partial charge in [0.25, 0.3) is 0 Å². The first-order chi connectivity index (χ1) is 15.4. The van der Waals surface area contributed by atoms with Crippen LogP contribution in [0.4, 0.5) is 0 Å². The van der Waals surface area contributed by atoms with E-state index >= 15 is 0 Å². The van der Waals surface area contributed by atoms with E-state index < -0.39 is 11.9 Å². The molecule has 0 saturated heterocycles. The zero-order valence-electron chi connectivity index (χ0n) is 18.9. The van der Waals surface area contributed by atoms with Crippen molar-refractivity contribution in [2.24, 2.45) is 0 Å². The van der Waals surface area contributed by atoms with Gasteiger partial charge < -0.3 is 38.8 Å². The lowest BCUT2D eigenvalue weighted by Crippen LogP contribution is -2.25. The molecule has 0 aromatic heterocycles. The highest BCUT2D eigenvalue weighted by molar-refractivity contribution is 5.86. The number of carboxylic acids is 1. The SMILES string of the molecule is C=C(C)C(=O)OCCOCCOCCOCCOCCOCCCNC(=O)CCC(=O)O. The lowest BCUT2D eigenvalue weighted by atomic mass is 10.3. The molecular formula is C21H37NO10. The Hall–Kier alpha value is -2.05.